The molecule has 0 saturated carbocycles. The fourth-order valence-electron chi connectivity index (χ4n) is 2.59. The molecule has 3 nitrogen and oxygen atoms in total. The molecule has 0 bridgehead atoms. The number of rotatable bonds is 2. The maximum absolute atomic E-state index is 12.9. The van der Waals surface area contributed by atoms with E-state index in [1.54, 1.807) is 30.3 Å². The Kier molecular flexibility index (Phi) is 4.01. The van der Waals surface area contributed by atoms with E-state index < -0.39 is 11.7 Å². The topological polar surface area (TPSA) is 47.3 Å². The van der Waals surface area contributed by atoms with Gasteiger partial charge in [0.2, 0.25) is 0 Å². The highest BCUT2D eigenvalue weighted by Crippen LogP contribution is 2.38. The molecule has 124 valence electrons. The second kappa shape index (κ2) is 5.87. The zero-order valence-corrected chi connectivity index (χ0v) is 13.0. The van der Waals surface area contributed by atoms with Crippen LogP contribution in [-0.2, 0) is 6.18 Å². The van der Waals surface area contributed by atoms with Gasteiger partial charge in [0.05, 0.1) is 28.4 Å². The number of aliphatic hydroxyl groups is 1. The van der Waals surface area contributed by atoms with Crippen LogP contribution in [0.15, 0.2) is 54.3 Å². The molecule has 1 aliphatic heterocycles. The third-order valence-electron chi connectivity index (χ3n) is 3.73. The lowest BCUT2D eigenvalue weighted by molar-refractivity contribution is -0.137. The van der Waals surface area contributed by atoms with Gasteiger partial charge >= 0.3 is 6.18 Å². The molecular weight excluding hydrogens is 341 g/mol. The van der Waals surface area contributed by atoms with Crippen LogP contribution in [0.4, 0.5) is 18.9 Å². The minimum Gasteiger partial charge on any atom is -0.510 e. The van der Waals surface area contributed by atoms with Gasteiger partial charge in [-0.15, -0.1) is 0 Å². The predicted octanol–water partition coefficient (Wildman–Crippen LogP) is 5.13. The zero-order valence-electron chi connectivity index (χ0n) is 12.2. The van der Waals surface area contributed by atoms with Crippen molar-refractivity contribution in [1.82, 2.24) is 0 Å². The van der Waals surface area contributed by atoms with Crippen molar-refractivity contribution in [2.24, 2.45) is 0 Å². The van der Waals surface area contributed by atoms with Crippen LogP contribution >= 0.6 is 11.6 Å². The number of aliphatic hydroxyl groups excluding tert-OH is 1. The Bertz CT molecular complexity index is 831. The molecule has 2 aromatic rings. The molecule has 7 heteroatoms. The average Bonchev–Trinajstić information content (AvgIpc) is 2.82. The van der Waals surface area contributed by atoms with Crippen molar-refractivity contribution in [3.05, 3.63) is 70.4 Å². The van der Waals surface area contributed by atoms with Gasteiger partial charge in [0.15, 0.2) is 0 Å². The quantitative estimate of drug-likeness (QED) is 0.787. The lowest BCUT2D eigenvalue weighted by atomic mass is 10.1. The number of amidine groups is 1. The highest BCUT2D eigenvalue weighted by atomic mass is 35.5. The van der Waals surface area contributed by atoms with E-state index in [0.717, 1.165) is 18.2 Å². The molecule has 0 radical (unpaired) electrons. The fourth-order valence-corrected chi connectivity index (χ4v) is 2.81. The van der Waals surface area contributed by atoms with Crippen molar-refractivity contribution >= 4 is 28.7 Å². The van der Waals surface area contributed by atoms with E-state index in [4.69, 9.17) is 17.0 Å². The van der Waals surface area contributed by atoms with Gasteiger partial charge in [0, 0.05) is 0 Å². The molecule has 1 aliphatic rings. The molecule has 0 fully saturated rings. The van der Waals surface area contributed by atoms with Crippen LogP contribution in [0.3, 0.4) is 0 Å². The van der Waals surface area contributed by atoms with Crippen molar-refractivity contribution in [3.8, 4) is 0 Å². The molecule has 0 spiro atoms. The Morgan fingerprint density at radius 2 is 1.75 bits per heavy atom. The Labute approximate surface area is 141 Å². The van der Waals surface area contributed by atoms with E-state index in [1.165, 1.54) is 4.90 Å². The Hall–Kier alpha value is -2.47. The molecule has 1 heterocycles. The van der Waals surface area contributed by atoms with Crippen molar-refractivity contribution in [2.75, 3.05) is 11.4 Å². The van der Waals surface area contributed by atoms with Crippen molar-refractivity contribution < 1.29 is 18.3 Å². The van der Waals surface area contributed by atoms with Crippen LogP contribution in [0, 0.1) is 5.41 Å². The van der Waals surface area contributed by atoms with Gasteiger partial charge in [-0.25, -0.2) is 0 Å². The number of halogens is 4. The summed E-state index contributed by atoms with van der Waals surface area (Å²) < 4.78 is 38.8. The first-order chi connectivity index (χ1) is 11.3. The summed E-state index contributed by atoms with van der Waals surface area (Å²) >= 11 is 6.03. The standard InChI is InChI=1S/C17H12ClF3N2O/c18-12-7-6-11(17(19,20)21)8-13(12)23-9-14(24)15(16(23)22)10-4-2-1-3-5-10/h1-8,22,24H,9H2. The lowest BCUT2D eigenvalue weighted by Crippen LogP contribution is -2.26. The molecule has 2 N–H and O–H groups in total. The smallest absolute Gasteiger partial charge is 0.416 e. The summed E-state index contributed by atoms with van der Waals surface area (Å²) in [6.45, 7) is -0.107. The van der Waals surface area contributed by atoms with Crippen LogP contribution in [0.1, 0.15) is 11.1 Å². The highest BCUT2D eigenvalue weighted by Gasteiger charge is 2.34. The molecule has 0 amide bonds. The van der Waals surface area contributed by atoms with Crippen molar-refractivity contribution in [2.45, 2.75) is 6.18 Å². The van der Waals surface area contributed by atoms with Crippen LogP contribution < -0.4 is 4.90 Å². The summed E-state index contributed by atoms with van der Waals surface area (Å²) in [6, 6.07) is 11.7. The normalized spacial score (nSPS) is 15.3. The first-order valence-electron chi connectivity index (χ1n) is 7.00. The van der Waals surface area contributed by atoms with Crippen LogP contribution in [-0.4, -0.2) is 17.5 Å². The Morgan fingerprint density at radius 1 is 1.08 bits per heavy atom. The predicted molar refractivity (Wildman–Crippen MR) is 87.5 cm³/mol. The lowest BCUT2D eigenvalue weighted by Gasteiger charge is -2.21. The molecule has 0 atom stereocenters. The molecule has 0 unspecified atom stereocenters. The van der Waals surface area contributed by atoms with Crippen molar-refractivity contribution in [3.63, 3.8) is 0 Å². The van der Waals surface area contributed by atoms with Gasteiger partial charge < -0.3 is 10.0 Å². The zero-order chi connectivity index (χ0) is 17.5. The molecule has 0 aromatic heterocycles. The van der Waals surface area contributed by atoms with Gasteiger partial charge in [-0.3, -0.25) is 5.41 Å². The number of nitrogens with one attached hydrogen (secondary N) is 1. The number of anilines is 1. The van der Waals surface area contributed by atoms with E-state index in [1.807, 2.05) is 0 Å². The first-order valence-corrected chi connectivity index (χ1v) is 7.37. The summed E-state index contributed by atoms with van der Waals surface area (Å²) in [5.41, 5.74) is 0.0750. The number of nitrogens with zero attached hydrogens (tertiary/aromatic N) is 1. The van der Waals surface area contributed by atoms with Gasteiger partial charge in [-0.05, 0) is 23.8 Å². The fraction of sp³-hybridized carbons (Fsp3) is 0.118. The SMILES string of the molecule is N=C1C(c2ccccc2)=C(O)CN1c1cc(C(F)(F)F)ccc1Cl. The van der Waals surface area contributed by atoms with E-state index >= 15 is 0 Å². The first kappa shape index (κ1) is 16.4. The van der Waals surface area contributed by atoms with Crippen LogP contribution in [0.2, 0.25) is 5.02 Å². The van der Waals surface area contributed by atoms with E-state index in [0.29, 0.717) is 5.56 Å². The summed E-state index contributed by atoms with van der Waals surface area (Å²) in [4.78, 5) is 1.26. The van der Waals surface area contributed by atoms with Gasteiger partial charge in [0.25, 0.3) is 0 Å². The third-order valence-corrected chi connectivity index (χ3v) is 4.05. The molecule has 2 aromatic carbocycles. The number of hydrogen-bond donors (Lipinski definition) is 2. The van der Waals surface area contributed by atoms with E-state index in [9.17, 15) is 18.3 Å². The number of hydrogen-bond acceptors (Lipinski definition) is 2. The minimum absolute atomic E-state index is 0.0361. The minimum atomic E-state index is -4.51. The molecule has 24 heavy (non-hydrogen) atoms. The largest absolute Gasteiger partial charge is 0.510 e. The van der Waals surface area contributed by atoms with Gasteiger partial charge in [-0.2, -0.15) is 13.2 Å². The Balaban J connectivity index is 2.01. The molecule has 0 aliphatic carbocycles. The van der Waals surface area contributed by atoms with Crippen molar-refractivity contribution in [1.29, 1.82) is 5.41 Å². The highest BCUT2D eigenvalue weighted by molar-refractivity contribution is 6.37. The van der Waals surface area contributed by atoms with E-state index in [2.05, 4.69) is 0 Å². The molecule has 0 saturated heterocycles. The van der Waals surface area contributed by atoms with Crippen LogP contribution in [0.5, 0.6) is 0 Å². The maximum Gasteiger partial charge on any atom is 0.416 e. The monoisotopic (exact) mass is 352 g/mol. The summed E-state index contributed by atoms with van der Waals surface area (Å²) in [5.74, 6) is -0.181. The maximum atomic E-state index is 12.9. The summed E-state index contributed by atoms with van der Waals surface area (Å²) in [7, 11) is 0. The van der Waals surface area contributed by atoms with E-state index in [-0.39, 0.29) is 34.4 Å². The number of alkyl halides is 3. The second-order valence-corrected chi connectivity index (χ2v) is 5.69. The van der Waals surface area contributed by atoms with Crippen LogP contribution in [0.25, 0.3) is 5.57 Å². The molecular formula is C17H12ClF3N2O. The second-order valence-electron chi connectivity index (χ2n) is 5.29. The summed E-state index contributed by atoms with van der Waals surface area (Å²) in [5, 5.41) is 18.5. The number of benzene rings is 2. The van der Waals surface area contributed by atoms with Gasteiger partial charge in [-0.1, -0.05) is 41.9 Å². The average molecular weight is 353 g/mol. The molecule has 3 rings (SSSR count). The Morgan fingerprint density at radius 3 is 2.38 bits per heavy atom. The summed E-state index contributed by atoms with van der Waals surface area (Å²) in [6.07, 6.45) is -4.51. The van der Waals surface area contributed by atoms with Gasteiger partial charge in [0.1, 0.15) is 11.6 Å². The third kappa shape index (κ3) is 2.85.